The summed E-state index contributed by atoms with van der Waals surface area (Å²) in [5, 5.41) is 0. The number of unbranched alkanes of at least 4 members (excludes halogenated alkanes) is 15. The first kappa shape index (κ1) is 38.1. The highest BCUT2D eigenvalue weighted by Crippen LogP contribution is 2.24. The van der Waals surface area contributed by atoms with Crippen LogP contribution in [0.15, 0.2) is 0 Å². The average Bonchev–Trinajstić information content (AvgIpc) is 2.92. The van der Waals surface area contributed by atoms with Crippen LogP contribution in [0, 0.1) is 5.92 Å². The second-order valence-corrected chi connectivity index (χ2v) is 12.2. The lowest BCUT2D eigenvalue weighted by Crippen LogP contribution is -2.27. The van der Waals surface area contributed by atoms with Crippen LogP contribution < -0.4 is 0 Å². The third kappa shape index (κ3) is 28.4. The van der Waals surface area contributed by atoms with Crippen LogP contribution in [0.5, 0.6) is 0 Å². The molecule has 0 aromatic carbocycles. The molecule has 4 heteroatoms. The molecule has 0 unspecified atom stereocenters. The molecule has 0 amide bonds. The molecule has 0 aliphatic carbocycles. The van der Waals surface area contributed by atoms with Crippen LogP contribution in [-0.4, -0.2) is 42.9 Å². The van der Waals surface area contributed by atoms with Gasteiger partial charge in [-0.1, -0.05) is 143 Å². The second kappa shape index (κ2) is 30.1. The van der Waals surface area contributed by atoms with Crippen molar-refractivity contribution in [1.29, 1.82) is 0 Å². The van der Waals surface area contributed by atoms with Crippen molar-refractivity contribution < 1.29 is 14.3 Å². The molecule has 4 nitrogen and oxygen atoms in total. The highest BCUT2D eigenvalue weighted by molar-refractivity contribution is 5.80. The van der Waals surface area contributed by atoms with Gasteiger partial charge in [-0.3, -0.25) is 9.59 Å². The summed E-state index contributed by atoms with van der Waals surface area (Å²) in [7, 11) is 0. The number of Topliss-reactive ketones (excluding diaryl/α,β-unsaturated/α-hetero) is 1. The van der Waals surface area contributed by atoms with Gasteiger partial charge in [-0.2, -0.15) is 0 Å². The van der Waals surface area contributed by atoms with Crippen LogP contribution in [0.25, 0.3) is 0 Å². The maximum atomic E-state index is 11.6. The molecule has 0 aliphatic heterocycles. The molecule has 0 rings (SSSR count). The molecule has 0 saturated carbocycles. The van der Waals surface area contributed by atoms with Crippen LogP contribution >= 0.6 is 0 Å². The third-order valence-corrected chi connectivity index (χ3v) is 8.14. The standard InChI is InChI=1S/C35H69NO3/c1-5-8-11-14-19-25-34(26-20-15-12-9-6-2)27-21-16-13-17-23-30-36(29-10-7-3)31-24-18-22-28-35(38)39-32-33(4)37/h34H,5-32H2,1-4H3. The minimum atomic E-state index is -0.238. The quantitative estimate of drug-likeness (QED) is 0.0635. The first-order valence-electron chi connectivity index (χ1n) is 17.4. The lowest BCUT2D eigenvalue weighted by molar-refractivity contribution is -0.147. The van der Waals surface area contributed by atoms with Crippen molar-refractivity contribution in [2.45, 2.75) is 182 Å². The van der Waals surface area contributed by atoms with Crippen molar-refractivity contribution in [1.82, 2.24) is 4.90 Å². The van der Waals surface area contributed by atoms with Crippen molar-refractivity contribution in [3.63, 3.8) is 0 Å². The predicted molar refractivity (Wildman–Crippen MR) is 169 cm³/mol. The normalized spacial score (nSPS) is 11.5. The first-order chi connectivity index (χ1) is 19.0. The Morgan fingerprint density at radius 1 is 0.538 bits per heavy atom. The zero-order chi connectivity index (χ0) is 28.8. The Morgan fingerprint density at radius 2 is 0.949 bits per heavy atom. The van der Waals surface area contributed by atoms with Crippen molar-refractivity contribution >= 4 is 11.8 Å². The lowest BCUT2D eigenvalue weighted by Gasteiger charge is -2.22. The summed E-state index contributed by atoms with van der Waals surface area (Å²) < 4.78 is 4.95. The Labute approximate surface area is 244 Å². The van der Waals surface area contributed by atoms with Gasteiger partial charge in [0.05, 0.1) is 0 Å². The second-order valence-electron chi connectivity index (χ2n) is 12.2. The molecule has 0 N–H and O–H groups in total. The smallest absolute Gasteiger partial charge is 0.306 e. The molecule has 0 bridgehead atoms. The van der Waals surface area contributed by atoms with E-state index in [-0.39, 0.29) is 18.4 Å². The molecule has 0 aromatic rings. The largest absolute Gasteiger partial charge is 0.458 e. The van der Waals surface area contributed by atoms with E-state index in [1.165, 1.54) is 148 Å². The molecule has 0 fully saturated rings. The fourth-order valence-corrected chi connectivity index (χ4v) is 5.56. The topological polar surface area (TPSA) is 46.6 Å². The zero-order valence-corrected chi connectivity index (χ0v) is 27.0. The number of hydrogen-bond donors (Lipinski definition) is 0. The van der Waals surface area contributed by atoms with Crippen molar-refractivity contribution in [2.75, 3.05) is 26.2 Å². The van der Waals surface area contributed by atoms with Gasteiger partial charge in [-0.05, 0) is 58.2 Å². The molecule has 0 atom stereocenters. The van der Waals surface area contributed by atoms with E-state index in [0.717, 1.165) is 31.7 Å². The summed E-state index contributed by atoms with van der Waals surface area (Å²) in [4.78, 5) is 25.2. The van der Waals surface area contributed by atoms with Gasteiger partial charge in [-0.25, -0.2) is 0 Å². The molecule has 0 radical (unpaired) electrons. The van der Waals surface area contributed by atoms with Crippen LogP contribution in [0.4, 0.5) is 0 Å². The molecule has 0 aromatic heterocycles. The highest BCUT2D eigenvalue weighted by atomic mass is 16.5. The lowest BCUT2D eigenvalue weighted by atomic mass is 9.89. The Kier molecular flexibility index (Phi) is 29.4. The third-order valence-electron chi connectivity index (χ3n) is 8.14. The van der Waals surface area contributed by atoms with E-state index < -0.39 is 0 Å². The summed E-state index contributed by atoms with van der Waals surface area (Å²) in [6.07, 6.45) is 31.5. The number of carbonyl (C=O) groups is 2. The van der Waals surface area contributed by atoms with Crippen LogP contribution in [0.2, 0.25) is 0 Å². The first-order valence-corrected chi connectivity index (χ1v) is 17.4. The Morgan fingerprint density at radius 3 is 1.44 bits per heavy atom. The summed E-state index contributed by atoms with van der Waals surface area (Å²) in [5.74, 6) is 0.646. The number of esters is 1. The van der Waals surface area contributed by atoms with E-state index in [1.807, 2.05) is 0 Å². The molecule has 0 spiro atoms. The molecule has 39 heavy (non-hydrogen) atoms. The zero-order valence-electron chi connectivity index (χ0n) is 27.0. The van der Waals surface area contributed by atoms with Gasteiger partial charge < -0.3 is 9.64 Å². The van der Waals surface area contributed by atoms with Gasteiger partial charge >= 0.3 is 5.97 Å². The molecular formula is C35H69NO3. The van der Waals surface area contributed by atoms with Gasteiger partial charge in [-0.15, -0.1) is 0 Å². The van der Waals surface area contributed by atoms with E-state index in [2.05, 4.69) is 25.7 Å². The van der Waals surface area contributed by atoms with Crippen LogP contribution in [-0.2, 0) is 14.3 Å². The van der Waals surface area contributed by atoms with E-state index in [9.17, 15) is 9.59 Å². The monoisotopic (exact) mass is 552 g/mol. The minimum absolute atomic E-state index is 0.0809. The number of hydrogen-bond acceptors (Lipinski definition) is 4. The number of carbonyl (C=O) groups excluding carboxylic acids is 2. The van der Waals surface area contributed by atoms with E-state index in [1.54, 1.807) is 0 Å². The van der Waals surface area contributed by atoms with E-state index in [0.29, 0.717) is 6.42 Å². The van der Waals surface area contributed by atoms with Crippen LogP contribution in [0.3, 0.4) is 0 Å². The van der Waals surface area contributed by atoms with E-state index >= 15 is 0 Å². The molecular weight excluding hydrogens is 482 g/mol. The number of ketones is 1. The van der Waals surface area contributed by atoms with Crippen molar-refractivity contribution in [3.8, 4) is 0 Å². The Balaban J connectivity index is 4.05. The molecule has 232 valence electrons. The number of rotatable bonds is 31. The minimum Gasteiger partial charge on any atom is -0.458 e. The van der Waals surface area contributed by atoms with Crippen LogP contribution in [0.1, 0.15) is 182 Å². The maximum absolute atomic E-state index is 11.6. The molecule has 0 heterocycles. The van der Waals surface area contributed by atoms with Crippen molar-refractivity contribution in [3.05, 3.63) is 0 Å². The summed E-state index contributed by atoms with van der Waals surface area (Å²) in [6, 6.07) is 0. The number of ether oxygens (including phenoxy) is 1. The van der Waals surface area contributed by atoms with Crippen molar-refractivity contribution in [2.24, 2.45) is 5.92 Å². The predicted octanol–water partition coefficient (Wildman–Crippen LogP) is 10.5. The van der Waals surface area contributed by atoms with E-state index in [4.69, 9.17) is 4.74 Å². The summed E-state index contributed by atoms with van der Waals surface area (Å²) in [5.41, 5.74) is 0. The molecule has 0 saturated heterocycles. The average molecular weight is 552 g/mol. The Bertz CT molecular complexity index is 522. The SMILES string of the molecule is CCCCCCCC(CCCCCCC)CCCCCCCN(CCCC)CCCCCC(=O)OCC(C)=O. The van der Waals surface area contributed by atoms with Gasteiger partial charge in [0.1, 0.15) is 6.61 Å². The fraction of sp³-hybridized carbons (Fsp3) is 0.943. The fourth-order valence-electron chi connectivity index (χ4n) is 5.56. The van der Waals surface area contributed by atoms with Gasteiger partial charge in [0.25, 0.3) is 0 Å². The highest BCUT2D eigenvalue weighted by Gasteiger charge is 2.10. The molecule has 0 aliphatic rings. The Hall–Kier alpha value is -0.900. The van der Waals surface area contributed by atoms with Gasteiger partial charge in [0, 0.05) is 6.42 Å². The maximum Gasteiger partial charge on any atom is 0.306 e. The number of nitrogens with zero attached hydrogens (tertiary/aromatic N) is 1. The van der Waals surface area contributed by atoms with Gasteiger partial charge in [0.2, 0.25) is 0 Å². The van der Waals surface area contributed by atoms with Gasteiger partial charge in [0.15, 0.2) is 5.78 Å². The summed E-state index contributed by atoms with van der Waals surface area (Å²) >= 11 is 0. The summed E-state index contributed by atoms with van der Waals surface area (Å²) in [6.45, 7) is 11.8.